The number of nitrogens with one attached hydrogen (secondary N) is 1. The second kappa shape index (κ2) is 60.2. The summed E-state index contributed by atoms with van der Waals surface area (Å²) in [5, 5.41) is 23.4. The van der Waals surface area contributed by atoms with Gasteiger partial charge >= 0.3 is 5.97 Å². The van der Waals surface area contributed by atoms with Gasteiger partial charge in [-0.05, 0) is 51.4 Å². The molecule has 2 atom stereocenters. The molecule has 0 aliphatic heterocycles. The summed E-state index contributed by atoms with van der Waals surface area (Å²) in [5.41, 5.74) is 0. The van der Waals surface area contributed by atoms with E-state index >= 15 is 0 Å². The van der Waals surface area contributed by atoms with Crippen LogP contribution in [0.25, 0.3) is 0 Å². The minimum Gasteiger partial charge on any atom is -0.466 e. The van der Waals surface area contributed by atoms with Crippen molar-refractivity contribution in [3.8, 4) is 0 Å². The molecule has 0 saturated carbocycles. The summed E-state index contributed by atoms with van der Waals surface area (Å²) in [5.74, 6) is -0.0961. The number of ether oxygens (including phenoxy) is 1. The lowest BCUT2D eigenvalue weighted by molar-refractivity contribution is -0.143. The lowest BCUT2D eigenvalue weighted by Crippen LogP contribution is -2.45. The molecule has 0 heterocycles. The van der Waals surface area contributed by atoms with Crippen LogP contribution >= 0.6 is 0 Å². The number of rotatable bonds is 60. The molecule has 0 saturated heterocycles. The first-order chi connectivity index (χ1) is 34.5. The molecule has 6 heteroatoms. The fourth-order valence-electron chi connectivity index (χ4n) is 10.2. The molecule has 2 unspecified atom stereocenters. The number of amides is 1. The van der Waals surface area contributed by atoms with E-state index in [2.05, 4.69) is 31.3 Å². The molecule has 0 aromatic heterocycles. The van der Waals surface area contributed by atoms with Crippen molar-refractivity contribution >= 4 is 11.9 Å². The van der Waals surface area contributed by atoms with Crippen molar-refractivity contribution in [1.82, 2.24) is 5.32 Å². The minimum atomic E-state index is -0.687. The molecule has 0 radical (unpaired) electrons. The topological polar surface area (TPSA) is 95.9 Å². The maximum atomic E-state index is 12.5. The van der Waals surface area contributed by atoms with Gasteiger partial charge in [-0.2, -0.15) is 0 Å². The van der Waals surface area contributed by atoms with Crippen LogP contribution in [0.3, 0.4) is 0 Å². The number of aliphatic hydroxyl groups excluding tert-OH is 2. The molecule has 0 spiro atoms. The average Bonchev–Trinajstić information content (AvgIpc) is 3.36. The lowest BCUT2D eigenvalue weighted by Gasteiger charge is -2.22. The van der Waals surface area contributed by atoms with Crippen molar-refractivity contribution < 1.29 is 24.5 Å². The van der Waals surface area contributed by atoms with Gasteiger partial charge in [0.05, 0.1) is 25.4 Å². The van der Waals surface area contributed by atoms with Gasteiger partial charge in [-0.1, -0.05) is 309 Å². The fourth-order valence-corrected chi connectivity index (χ4v) is 10.2. The van der Waals surface area contributed by atoms with Crippen molar-refractivity contribution in [2.24, 2.45) is 0 Å². The van der Waals surface area contributed by atoms with E-state index in [4.69, 9.17) is 4.74 Å². The fraction of sp³-hybridized carbons (Fsp3) is 0.938. The largest absolute Gasteiger partial charge is 0.466 e. The average molecular weight is 989 g/mol. The predicted molar refractivity (Wildman–Crippen MR) is 306 cm³/mol. The molecule has 0 fully saturated rings. The molecule has 6 nitrogen and oxygen atoms in total. The van der Waals surface area contributed by atoms with Crippen LogP contribution in [0.1, 0.15) is 361 Å². The van der Waals surface area contributed by atoms with Crippen molar-refractivity contribution in [3.63, 3.8) is 0 Å². The summed E-state index contributed by atoms with van der Waals surface area (Å²) in [6, 6.07) is -0.567. The molecule has 0 aliphatic carbocycles. The molecule has 0 aromatic carbocycles. The lowest BCUT2D eigenvalue weighted by atomic mass is 10.0. The summed E-state index contributed by atoms with van der Waals surface area (Å²) >= 11 is 0. The third-order valence-electron chi connectivity index (χ3n) is 15.1. The van der Waals surface area contributed by atoms with E-state index in [0.717, 1.165) is 77.0 Å². The van der Waals surface area contributed by atoms with Crippen LogP contribution in [0.2, 0.25) is 0 Å². The van der Waals surface area contributed by atoms with Gasteiger partial charge in [-0.25, -0.2) is 0 Å². The Morgan fingerprint density at radius 2 is 0.671 bits per heavy atom. The SMILES string of the molecule is CCCCCCCCCCCCCCCCCCCCCCCCCCCC(O)C(CO)NC(=O)CCCCCC/C=C\CCCCOC(=O)CCCCCCCCCCCCCCCCCCCC. The van der Waals surface area contributed by atoms with Gasteiger partial charge in [-0.3, -0.25) is 9.59 Å². The van der Waals surface area contributed by atoms with Crippen LogP contribution in [0.15, 0.2) is 12.2 Å². The van der Waals surface area contributed by atoms with Gasteiger partial charge in [0.25, 0.3) is 0 Å². The van der Waals surface area contributed by atoms with E-state index < -0.39 is 12.1 Å². The maximum Gasteiger partial charge on any atom is 0.305 e. The quantitative estimate of drug-likeness (QED) is 0.0321. The second-order valence-electron chi connectivity index (χ2n) is 22.1. The van der Waals surface area contributed by atoms with Gasteiger partial charge in [0.15, 0.2) is 0 Å². The Kier molecular flexibility index (Phi) is 59.0. The predicted octanol–water partition coefficient (Wildman–Crippen LogP) is 20.0. The standard InChI is InChI=1S/C64H125NO5/c1-3-5-7-9-11-13-15-17-19-21-23-24-25-26-27-28-29-30-32-34-36-40-44-48-52-56-62(67)61(60-66)65-63(68)57-53-49-45-41-38-39-43-47-51-55-59-70-64(69)58-54-50-46-42-37-35-33-31-22-20-18-16-14-12-10-8-6-4-2/h39,43,61-62,66-67H,3-38,40-42,44-60H2,1-2H3,(H,65,68)/b43-39-. The van der Waals surface area contributed by atoms with E-state index in [1.807, 2.05) is 0 Å². The monoisotopic (exact) mass is 988 g/mol. The highest BCUT2D eigenvalue weighted by Gasteiger charge is 2.20. The number of carbonyl (C=O) groups is 2. The molecule has 0 rings (SSSR count). The van der Waals surface area contributed by atoms with Crippen LogP contribution in [0.5, 0.6) is 0 Å². The summed E-state index contributed by atoms with van der Waals surface area (Å²) in [6.07, 6.45) is 72.3. The zero-order valence-corrected chi connectivity index (χ0v) is 47.5. The highest BCUT2D eigenvalue weighted by atomic mass is 16.5. The van der Waals surface area contributed by atoms with Gasteiger partial charge in [-0.15, -0.1) is 0 Å². The Bertz CT molecular complexity index is 1050. The van der Waals surface area contributed by atoms with Crippen LogP contribution in [0, 0.1) is 0 Å². The maximum absolute atomic E-state index is 12.5. The Balaban J connectivity index is 3.47. The molecule has 3 N–H and O–H groups in total. The number of carbonyl (C=O) groups excluding carboxylic acids is 2. The van der Waals surface area contributed by atoms with Crippen molar-refractivity contribution in [1.29, 1.82) is 0 Å². The van der Waals surface area contributed by atoms with Crippen molar-refractivity contribution in [3.05, 3.63) is 12.2 Å². The zero-order chi connectivity index (χ0) is 50.7. The third-order valence-corrected chi connectivity index (χ3v) is 15.1. The Morgan fingerprint density at radius 3 is 1.01 bits per heavy atom. The van der Waals surface area contributed by atoms with Crippen LogP contribution < -0.4 is 5.32 Å². The molecule has 0 aliphatic rings. The van der Waals surface area contributed by atoms with Crippen LogP contribution in [-0.2, 0) is 14.3 Å². The summed E-state index contributed by atoms with van der Waals surface area (Å²) in [6.45, 7) is 4.91. The van der Waals surface area contributed by atoms with E-state index in [1.54, 1.807) is 0 Å². The van der Waals surface area contributed by atoms with E-state index in [0.29, 0.717) is 25.9 Å². The highest BCUT2D eigenvalue weighted by Crippen LogP contribution is 2.18. The van der Waals surface area contributed by atoms with E-state index in [1.165, 1.54) is 250 Å². The number of unbranched alkanes of at least 4 members (excludes halogenated alkanes) is 47. The van der Waals surface area contributed by atoms with Gasteiger partial charge in [0, 0.05) is 12.8 Å². The molecule has 1 amide bonds. The number of esters is 1. The summed E-state index contributed by atoms with van der Waals surface area (Å²) < 4.78 is 5.46. The summed E-state index contributed by atoms with van der Waals surface area (Å²) in [4.78, 5) is 24.6. The molecule has 0 aromatic rings. The summed E-state index contributed by atoms with van der Waals surface area (Å²) in [7, 11) is 0. The number of hydrogen-bond donors (Lipinski definition) is 3. The van der Waals surface area contributed by atoms with Crippen molar-refractivity contribution in [2.75, 3.05) is 13.2 Å². The van der Waals surface area contributed by atoms with Gasteiger partial charge in [0.1, 0.15) is 0 Å². The number of aliphatic hydroxyl groups is 2. The Morgan fingerprint density at radius 1 is 0.386 bits per heavy atom. The molecule has 0 bridgehead atoms. The molecular weight excluding hydrogens is 863 g/mol. The molecular formula is C64H125NO5. The van der Waals surface area contributed by atoms with Crippen LogP contribution in [0.4, 0.5) is 0 Å². The first-order valence-corrected chi connectivity index (χ1v) is 31.9. The highest BCUT2D eigenvalue weighted by molar-refractivity contribution is 5.76. The first kappa shape index (κ1) is 68.6. The Labute approximate surface area is 438 Å². The van der Waals surface area contributed by atoms with Crippen LogP contribution in [-0.4, -0.2) is 47.4 Å². The second-order valence-corrected chi connectivity index (χ2v) is 22.1. The Hall–Kier alpha value is -1.40. The number of allylic oxidation sites excluding steroid dienone is 2. The van der Waals surface area contributed by atoms with Gasteiger partial charge in [0.2, 0.25) is 5.91 Å². The minimum absolute atomic E-state index is 0.0304. The number of hydrogen-bond acceptors (Lipinski definition) is 5. The van der Waals surface area contributed by atoms with Crippen molar-refractivity contribution in [2.45, 2.75) is 373 Å². The van der Waals surface area contributed by atoms with Gasteiger partial charge < -0.3 is 20.3 Å². The molecule has 70 heavy (non-hydrogen) atoms. The van der Waals surface area contributed by atoms with E-state index in [-0.39, 0.29) is 18.5 Å². The third kappa shape index (κ3) is 55.9. The first-order valence-electron chi connectivity index (χ1n) is 31.9. The zero-order valence-electron chi connectivity index (χ0n) is 47.5. The molecule has 416 valence electrons. The van der Waals surface area contributed by atoms with E-state index in [9.17, 15) is 19.8 Å². The normalized spacial score (nSPS) is 12.6. The smallest absolute Gasteiger partial charge is 0.305 e.